The smallest absolute Gasteiger partial charge is 0.378 e. The zero-order valence-electron chi connectivity index (χ0n) is 14.1. The number of amides is 1. The van der Waals surface area contributed by atoms with Crippen molar-refractivity contribution >= 4 is 11.9 Å². The summed E-state index contributed by atoms with van der Waals surface area (Å²) in [4.78, 5) is 28.1. The third kappa shape index (κ3) is 4.66. The van der Waals surface area contributed by atoms with Crippen LogP contribution in [0.1, 0.15) is 46.7 Å². The van der Waals surface area contributed by atoms with Crippen LogP contribution in [-0.4, -0.2) is 40.3 Å². The highest BCUT2D eigenvalue weighted by molar-refractivity contribution is 5.97. The van der Waals surface area contributed by atoms with Gasteiger partial charge in [-0.1, -0.05) is 24.8 Å². The lowest BCUT2D eigenvalue weighted by Gasteiger charge is -2.13. The van der Waals surface area contributed by atoms with Crippen LogP contribution in [0.5, 0.6) is 5.75 Å². The van der Waals surface area contributed by atoms with Crippen LogP contribution in [0.15, 0.2) is 36.9 Å². The van der Waals surface area contributed by atoms with Crippen LogP contribution in [0.3, 0.4) is 0 Å². The molecule has 0 saturated carbocycles. The number of nitrogens with zero attached hydrogens (tertiary/aromatic N) is 2. The van der Waals surface area contributed by atoms with E-state index in [1.165, 1.54) is 0 Å². The number of ether oxygens (including phenoxy) is 2. The molecule has 0 aliphatic heterocycles. The van der Waals surface area contributed by atoms with E-state index in [2.05, 4.69) is 27.1 Å². The summed E-state index contributed by atoms with van der Waals surface area (Å²) in [6.45, 7) is 7.53. The molecule has 2 N–H and O–H groups in total. The quantitative estimate of drug-likeness (QED) is 0.561. The minimum absolute atomic E-state index is 0.0762. The predicted molar refractivity (Wildman–Crippen MR) is 90.4 cm³/mol. The van der Waals surface area contributed by atoms with Gasteiger partial charge in [-0.2, -0.15) is 0 Å². The number of aromatic amines is 1. The molecule has 1 aromatic heterocycles. The molecule has 8 nitrogen and oxygen atoms in total. The van der Waals surface area contributed by atoms with Gasteiger partial charge in [0.05, 0.1) is 18.2 Å². The van der Waals surface area contributed by atoms with Crippen molar-refractivity contribution in [3.8, 4) is 5.75 Å². The molecule has 132 valence electrons. The molecule has 2 aromatic rings. The van der Waals surface area contributed by atoms with Gasteiger partial charge >= 0.3 is 5.97 Å². The van der Waals surface area contributed by atoms with Crippen LogP contribution in [0.25, 0.3) is 0 Å². The van der Waals surface area contributed by atoms with Crippen LogP contribution >= 0.6 is 0 Å². The summed E-state index contributed by atoms with van der Waals surface area (Å²) >= 11 is 0. The van der Waals surface area contributed by atoms with Crippen LogP contribution in [0.4, 0.5) is 0 Å². The number of hydrogen-bond donors (Lipinski definition) is 2. The zero-order chi connectivity index (χ0) is 18.2. The van der Waals surface area contributed by atoms with Crippen LogP contribution in [0, 0.1) is 0 Å². The van der Waals surface area contributed by atoms with Crippen molar-refractivity contribution in [3.63, 3.8) is 0 Å². The predicted octanol–water partition coefficient (Wildman–Crippen LogP) is 2.04. The molecule has 0 aliphatic carbocycles. The molecular formula is C17H20N4O4. The van der Waals surface area contributed by atoms with E-state index >= 15 is 0 Å². The SMILES string of the molecule is C=CCOc1ccccc1C(=O)NC(C)c1nc(C(=O)OCC)n[nH]1. The summed E-state index contributed by atoms with van der Waals surface area (Å²) in [5, 5.41) is 9.21. The van der Waals surface area contributed by atoms with Crippen LogP contribution in [-0.2, 0) is 4.74 Å². The molecule has 1 amide bonds. The van der Waals surface area contributed by atoms with Crippen molar-refractivity contribution in [2.24, 2.45) is 0 Å². The number of hydrogen-bond acceptors (Lipinski definition) is 6. The first-order chi connectivity index (χ1) is 12.1. The van der Waals surface area contributed by atoms with E-state index in [9.17, 15) is 9.59 Å². The standard InChI is InChI=1S/C17H20N4O4/c1-4-10-25-13-9-7-6-8-12(13)16(22)18-11(3)14-19-15(21-20-14)17(23)24-5-2/h4,6-9,11H,1,5,10H2,2-3H3,(H,18,22)(H,19,20,21). The number of para-hydroxylation sites is 1. The fourth-order valence-electron chi connectivity index (χ4n) is 2.03. The van der Waals surface area contributed by atoms with Gasteiger partial charge in [0.25, 0.3) is 11.7 Å². The van der Waals surface area contributed by atoms with Gasteiger partial charge in [0.2, 0.25) is 0 Å². The average Bonchev–Trinajstić information content (AvgIpc) is 3.10. The molecule has 0 spiro atoms. The Morgan fingerprint density at radius 1 is 1.40 bits per heavy atom. The molecule has 0 aliphatic rings. The normalized spacial score (nSPS) is 11.4. The molecule has 2 rings (SSSR count). The highest BCUT2D eigenvalue weighted by Gasteiger charge is 2.20. The maximum Gasteiger partial charge on any atom is 0.378 e. The summed E-state index contributed by atoms with van der Waals surface area (Å²) in [6, 6.07) is 6.39. The third-order valence-electron chi connectivity index (χ3n) is 3.21. The van der Waals surface area contributed by atoms with E-state index in [1.807, 2.05) is 0 Å². The zero-order valence-corrected chi connectivity index (χ0v) is 14.1. The van der Waals surface area contributed by atoms with Crippen LogP contribution < -0.4 is 10.1 Å². The molecule has 1 atom stereocenters. The minimum atomic E-state index is -0.619. The molecule has 1 aromatic carbocycles. The minimum Gasteiger partial charge on any atom is -0.489 e. The summed E-state index contributed by atoms with van der Waals surface area (Å²) in [5.41, 5.74) is 0.390. The Kier molecular flexibility index (Phi) is 6.27. The summed E-state index contributed by atoms with van der Waals surface area (Å²) < 4.78 is 10.3. The Morgan fingerprint density at radius 3 is 2.88 bits per heavy atom. The van der Waals surface area contributed by atoms with Gasteiger partial charge in [-0.15, -0.1) is 5.10 Å². The van der Waals surface area contributed by atoms with Crippen molar-refractivity contribution in [1.29, 1.82) is 0 Å². The Balaban J connectivity index is 2.08. The summed E-state index contributed by atoms with van der Waals surface area (Å²) in [5.74, 6) is -0.224. The van der Waals surface area contributed by atoms with Gasteiger partial charge in [0.1, 0.15) is 18.2 Å². The lowest BCUT2D eigenvalue weighted by Crippen LogP contribution is -2.28. The Hall–Kier alpha value is -3.16. The molecule has 0 saturated heterocycles. The lowest BCUT2D eigenvalue weighted by molar-refractivity contribution is 0.0512. The van der Waals surface area contributed by atoms with E-state index in [4.69, 9.17) is 9.47 Å². The van der Waals surface area contributed by atoms with Crippen molar-refractivity contribution in [1.82, 2.24) is 20.5 Å². The first-order valence-corrected chi connectivity index (χ1v) is 7.79. The van der Waals surface area contributed by atoms with Crippen molar-refractivity contribution in [3.05, 3.63) is 54.1 Å². The molecule has 0 bridgehead atoms. The van der Waals surface area contributed by atoms with Gasteiger partial charge in [-0.05, 0) is 26.0 Å². The molecule has 0 radical (unpaired) electrons. The number of carbonyl (C=O) groups is 2. The molecule has 25 heavy (non-hydrogen) atoms. The second-order valence-electron chi connectivity index (χ2n) is 5.06. The van der Waals surface area contributed by atoms with E-state index in [0.717, 1.165) is 0 Å². The Labute approximate surface area is 145 Å². The van der Waals surface area contributed by atoms with Crippen molar-refractivity contribution in [2.75, 3.05) is 13.2 Å². The Morgan fingerprint density at radius 2 is 2.16 bits per heavy atom. The van der Waals surface area contributed by atoms with Crippen molar-refractivity contribution < 1.29 is 19.1 Å². The maximum absolute atomic E-state index is 12.5. The van der Waals surface area contributed by atoms with Gasteiger partial charge < -0.3 is 14.8 Å². The second-order valence-corrected chi connectivity index (χ2v) is 5.06. The summed E-state index contributed by atoms with van der Waals surface area (Å²) in [7, 11) is 0. The van der Waals surface area contributed by atoms with Gasteiger partial charge in [-0.25, -0.2) is 9.78 Å². The highest BCUT2D eigenvalue weighted by Crippen LogP contribution is 2.19. The second kappa shape index (κ2) is 8.62. The largest absolute Gasteiger partial charge is 0.489 e. The van der Waals surface area contributed by atoms with Gasteiger partial charge in [0, 0.05) is 0 Å². The van der Waals surface area contributed by atoms with Gasteiger partial charge in [-0.3, -0.25) is 9.89 Å². The van der Waals surface area contributed by atoms with E-state index < -0.39 is 12.0 Å². The average molecular weight is 344 g/mol. The van der Waals surface area contributed by atoms with E-state index in [-0.39, 0.29) is 18.3 Å². The first-order valence-electron chi connectivity index (χ1n) is 7.79. The molecule has 1 unspecified atom stereocenters. The summed E-state index contributed by atoms with van der Waals surface area (Å²) in [6.07, 6.45) is 1.60. The third-order valence-corrected chi connectivity index (χ3v) is 3.21. The number of nitrogens with one attached hydrogen (secondary N) is 2. The fourth-order valence-corrected chi connectivity index (χ4v) is 2.03. The Bertz CT molecular complexity index is 757. The highest BCUT2D eigenvalue weighted by atomic mass is 16.5. The maximum atomic E-state index is 12.5. The number of esters is 1. The fraction of sp³-hybridized carbons (Fsp3) is 0.294. The van der Waals surface area contributed by atoms with Crippen molar-refractivity contribution in [2.45, 2.75) is 19.9 Å². The number of rotatable bonds is 8. The number of aromatic nitrogens is 3. The van der Waals surface area contributed by atoms with E-state index in [0.29, 0.717) is 23.7 Å². The lowest BCUT2D eigenvalue weighted by atomic mass is 10.1. The number of carbonyl (C=O) groups excluding carboxylic acids is 2. The van der Waals surface area contributed by atoms with E-state index in [1.54, 1.807) is 44.2 Å². The molecule has 0 fully saturated rings. The molecule has 8 heteroatoms. The topological polar surface area (TPSA) is 106 Å². The molecule has 1 heterocycles. The van der Waals surface area contributed by atoms with Gasteiger partial charge in [0.15, 0.2) is 0 Å². The molecular weight excluding hydrogens is 324 g/mol. The first kappa shape index (κ1) is 18.2. The number of benzene rings is 1. The van der Waals surface area contributed by atoms with Crippen LogP contribution in [0.2, 0.25) is 0 Å². The monoisotopic (exact) mass is 344 g/mol. The number of H-pyrrole nitrogens is 1.